The highest BCUT2D eigenvalue weighted by molar-refractivity contribution is 7.17. The number of anilines is 3. The Bertz CT molecular complexity index is 1490. The van der Waals surface area contributed by atoms with E-state index < -0.39 is 23.0 Å². The molecule has 0 aliphatic heterocycles. The Labute approximate surface area is 218 Å². The molecule has 0 bridgehead atoms. The fourth-order valence-corrected chi connectivity index (χ4v) is 3.70. The first-order valence-corrected chi connectivity index (χ1v) is 11.8. The third kappa shape index (κ3) is 6.24. The van der Waals surface area contributed by atoms with Crippen molar-refractivity contribution in [2.45, 2.75) is 12.2 Å². The van der Waals surface area contributed by atoms with Crippen LogP contribution in [0.3, 0.4) is 0 Å². The van der Waals surface area contributed by atoms with Crippen molar-refractivity contribution in [2.75, 3.05) is 16.4 Å². The van der Waals surface area contributed by atoms with Crippen molar-refractivity contribution in [2.24, 2.45) is 5.73 Å². The Morgan fingerprint density at radius 3 is 2.29 bits per heavy atom. The van der Waals surface area contributed by atoms with Crippen LogP contribution >= 0.6 is 9.24 Å². The van der Waals surface area contributed by atoms with Crippen LogP contribution in [0.5, 0.6) is 0 Å². The van der Waals surface area contributed by atoms with E-state index in [0.717, 1.165) is 29.0 Å². The van der Waals surface area contributed by atoms with Gasteiger partial charge in [-0.05, 0) is 47.5 Å². The molecule has 194 valence electrons. The monoisotopic (exact) mass is 537 g/mol. The van der Waals surface area contributed by atoms with Crippen molar-refractivity contribution in [3.05, 3.63) is 101 Å². The molecule has 12 heteroatoms. The third-order valence-electron chi connectivity index (χ3n) is 5.58. The van der Waals surface area contributed by atoms with Gasteiger partial charge in [0.05, 0.1) is 11.1 Å². The van der Waals surface area contributed by atoms with Gasteiger partial charge >= 0.3 is 0 Å². The van der Waals surface area contributed by atoms with Gasteiger partial charge in [-0.2, -0.15) is 8.78 Å². The van der Waals surface area contributed by atoms with E-state index in [1.165, 1.54) is 33.5 Å². The first-order chi connectivity index (χ1) is 18.0. The smallest absolute Gasteiger partial charge is 0.285 e. The Kier molecular flexibility index (Phi) is 7.59. The lowest BCUT2D eigenvalue weighted by Gasteiger charge is -2.16. The molecule has 0 spiro atoms. The van der Waals surface area contributed by atoms with Crippen molar-refractivity contribution >= 4 is 38.3 Å². The zero-order valence-electron chi connectivity index (χ0n) is 19.8. The predicted molar refractivity (Wildman–Crippen MR) is 145 cm³/mol. The molecule has 2 aromatic carbocycles. The molecule has 0 radical (unpaired) electrons. The fraction of sp³-hybridized carbons (Fsp3) is 0.0769. The number of carbonyl (C=O) groups is 1. The van der Waals surface area contributed by atoms with Crippen LogP contribution in [0.4, 0.5) is 30.5 Å². The highest BCUT2D eigenvalue weighted by Crippen LogP contribution is 2.36. The minimum Gasteiger partial charge on any atom is -0.384 e. The van der Waals surface area contributed by atoms with Crippen LogP contribution in [0.1, 0.15) is 27.0 Å². The number of halogens is 3. The lowest BCUT2D eigenvalue weighted by atomic mass is 10.0. The molecular weight excluding hydrogens is 514 g/mol. The van der Waals surface area contributed by atoms with Crippen molar-refractivity contribution in [3.8, 4) is 11.1 Å². The summed E-state index contributed by atoms with van der Waals surface area (Å²) < 4.78 is 41.0. The number of carbonyl (C=O) groups excluding carboxylic acids is 1. The number of amides is 1. The first-order valence-electron chi connectivity index (χ1n) is 11.2. The van der Waals surface area contributed by atoms with Gasteiger partial charge in [0.15, 0.2) is 0 Å². The lowest BCUT2D eigenvalue weighted by molar-refractivity contribution is 0.101. The summed E-state index contributed by atoms with van der Waals surface area (Å²) in [4.78, 5) is 21.1. The summed E-state index contributed by atoms with van der Waals surface area (Å²) in [6.07, 6.45) is 2.57. The van der Waals surface area contributed by atoms with Crippen molar-refractivity contribution < 1.29 is 18.0 Å². The maximum absolute atomic E-state index is 13.9. The van der Waals surface area contributed by atoms with Gasteiger partial charge in [0.1, 0.15) is 23.3 Å². The van der Waals surface area contributed by atoms with Crippen LogP contribution in [0.25, 0.3) is 11.1 Å². The van der Waals surface area contributed by atoms with Crippen molar-refractivity contribution in [3.63, 3.8) is 0 Å². The molecule has 0 fully saturated rings. The van der Waals surface area contributed by atoms with Gasteiger partial charge in [-0.1, -0.05) is 33.5 Å². The van der Waals surface area contributed by atoms with Crippen LogP contribution in [-0.4, -0.2) is 21.7 Å². The van der Waals surface area contributed by atoms with Crippen LogP contribution in [0.2, 0.25) is 0 Å². The number of hydrogen-bond donors (Lipinski definition) is 5. The van der Waals surface area contributed by atoms with Crippen molar-refractivity contribution in [1.29, 1.82) is 5.41 Å². The standard InChI is InChI=1S/C26H23F3N7OP/c27-18-5-7-19(8-6-18)36-25(37)21-10-17(26(28,29)38)13-35-24(21)34-11-14-1-3-15(4-2-14)16-9-20(22(30)31)23(32)33-12-16/h1-10,12-13H,11,38H2,(H3,30,31)(H2,32,33)(H,34,35)(H,36,37). The number of nitrogens with two attached hydrogens (primary N) is 2. The molecule has 4 rings (SSSR count). The van der Waals surface area contributed by atoms with Crippen LogP contribution in [-0.2, 0) is 12.2 Å². The molecular formula is C26H23F3N7OP. The maximum atomic E-state index is 13.9. The molecule has 7 N–H and O–H groups in total. The Morgan fingerprint density at radius 2 is 1.66 bits per heavy atom. The van der Waals surface area contributed by atoms with Crippen LogP contribution in [0.15, 0.2) is 73.1 Å². The molecule has 2 aromatic heterocycles. The first kappa shape index (κ1) is 26.6. The SMILES string of the molecule is N=C(N)c1cc(-c2ccc(CNc3ncc(C(F)(F)P)cc3C(=O)Nc3ccc(F)cc3)cc2)cnc1N. The fourth-order valence-electron chi connectivity index (χ4n) is 3.54. The summed E-state index contributed by atoms with van der Waals surface area (Å²) in [6, 6.07) is 15.1. The van der Waals surface area contributed by atoms with E-state index in [1.807, 2.05) is 24.3 Å². The summed E-state index contributed by atoms with van der Waals surface area (Å²) in [6.45, 7) is 0.236. The molecule has 2 heterocycles. The van der Waals surface area contributed by atoms with Gasteiger partial charge in [-0.3, -0.25) is 10.2 Å². The third-order valence-corrected chi connectivity index (χ3v) is 5.91. The molecule has 1 amide bonds. The molecule has 0 saturated heterocycles. The van der Waals surface area contributed by atoms with E-state index in [0.29, 0.717) is 11.3 Å². The van der Waals surface area contributed by atoms with Gasteiger partial charge in [-0.25, -0.2) is 14.4 Å². The normalized spacial score (nSPS) is 11.2. The number of pyridine rings is 2. The van der Waals surface area contributed by atoms with E-state index >= 15 is 0 Å². The number of alkyl halides is 2. The van der Waals surface area contributed by atoms with Gasteiger partial charge in [0.2, 0.25) is 0 Å². The number of nitrogens with zero attached hydrogens (tertiary/aromatic N) is 2. The van der Waals surface area contributed by atoms with E-state index in [1.54, 1.807) is 12.3 Å². The highest BCUT2D eigenvalue weighted by Gasteiger charge is 2.27. The Morgan fingerprint density at radius 1 is 0.974 bits per heavy atom. The number of nitrogen functional groups attached to an aromatic ring is 2. The second-order valence-electron chi connectivity index (χ2n) is 8.33. The zero-order valence-corrected chi connectivity index (χ0v) is 21.0. The summed E-state index contributed by atoms with van der Waals surface area (Å²) >= 11 is 0. The molecule has 4 aromatic rings. The lowest BCUT2D eigenvalue weighted by Crippen LogP contribution is -2.17. The molecule has 38 heavy (non-hydrogen) atoms. The highest BCUT2D eigenvalue weighted by atomic mass is 31.0. The number of hydrogen-bond acceptors (Lipinski definition) is 6. The molecule has 0 aliphatic carbocycles. The summed E-state index contributed by atoms with van der Waals surface area (Å²) in [5, 5.41) is 13.2. The summed E-state index contributed by atoms with van der Waals surface area (Å²) in [5.41, 5.74) is 10.5. The quantitative estimate of drug-likeness (QED) is 0.122. The van der Waals surface area contributed by atoms with Gasteiger partial charge in [0, 0.05) is 35.8 Å². The summed E-state index contributed by atoms with van der Waals surface area (Å²) in [7, 11) is 1.42. The average Bonchev–Trinajstić information content (AvgIpc) is 2.88. The number of rotatable bonds is 8. The van der Waals surface area contributed by atoms with Gasteiger partial charge < -0.3 is 22.1 Å². The minimum atomic E-state index is -3.29. The predicted octanol–water partition coefficient (Wildman–Crippen LogP) is 4.94. The number of aromatic nitrogens is 2. The second kappa shape index (κ2) is 10.9. The second-order valence-corrected chi connectivity index (χ2v) is 9.05. The minimum absolute atomic E-state index is 0.0977. The summed E-state index contributed by atoms with van der Waals surface area (Å²) in [5.74, 6) is -1.08. The molecule has 0 saturated carbocycles. The van der Waals surface area contributed by atoms with E-state index in [4.69, 9.17) is 16.9 Å². The Balaban J connectivity index is 1.54. The maximum Gasteiger partial charge on any atom is 0.285 e. The largest absolute Gasteiger partial charge is 0.384 e. The van der Waals surface area contributed by atoms with Crippen LogP contribution < -0.4 is 22.1 Å². The molecule has 8 nitrogen and oxygen atoms in total. The van der Waals surface area contributed by atoms with E-state index in [9.17, 15) is 18.0 Å². The van der Waals surface area contributed by atoms with Gasteiger partial charge in [0.25, 0.3) is 11.6 Å². The van der Waals surface area contributed by atoms with Crippen molar-refractivity contribution in [1.82, 2.24) is 9.97 Å². The van der Waals surface area contributed by atoms with E-state index in [-0.39, 0.29) is 29.6 Å². The topological polar surface area (TPSA) is 143 Å². The number of benzene rings is 2. The molecule has 1 atom stereocenters. The Hall–Kier alpha value is -4.50. The number of amidine groups is 1. The van der Waals surface area contributed by atoms with E-state index in [2.05, 4.69) is 20.6 Å². The molecule has 1 unspecified atom stereocenters. The average molecular weight is 537 g/mol. The van der Waals surface area contributed by atoms with Crippen LogP contribution in [0, 0.1) is 11.2 Å². The number of nitrogens with one attached hydrogen (secondary N) is 3. The van der Waals surface area contributed by atoms with Gasteiger partial charge in [-0.15, -0.1) is 0 Å². The molecule has 0 aliphatic rings. The zero-order chi connectivity index (χ0) is 27.4.